The Hall–Kier alpha value is -1.97. The van der Waals surface area contributed by atoms with Crippen molar-refractivity contribution in [3.63, 3.8) is 0 Å². The molecule has 8 nitrogen and oxygen atoms in total. The Morgan fingerprint density at radius 2 is 1.70 bits per heavy atom. The number of aliphatic hydroxyl groups is 1. The first-order chi connectivity index (χ1) is 12.7. The second-order valence-electron chi connectivity index (χ2n) is 6.09. The van der Waals surface area contributed by atoms with E-state index < -0.39 is 48.4 Å². The van der Waals surface area contributed by atoms with E-state index in [1.807, 2.05) is 6.07 Å². The summed E-state index contributed by atoms with van der Waals surface area (Å²) < 4.78 is 22.2. The van der Waals surface area contributed by atoms with Gasteiger partial charge in [0, 0.05) is 25.2 Å². The van der Waals surface area contributed by atoms with Crippen molar-refractivity contribution in [3.05, 3.63) is 34.3 Å². The Balaban J connectivity index is 2.41. The SMILES string of the molecule is CC(=O)OCC1OC(c2cccc(Br)c2)C(OC(C)=O)C(OC(C)=O)C1O. The lowest BCUT2D eigenvalue weighted by Crippen LogP contribution is -2.58. The van der Waals surface area contributed by atoms with E-state index >= 15 is 0 Å². The molecule has 5 unspecified atom stereocenters. The van der Waals surface area contributed by atoms with Crippen LogP contribution in [0.2, 0.25) is 0 Å². The Labute approximate surface area is 164 Å². The lowest BCUT2D eigenvalue weighted by Gasteiger charge is -2.43. The third kappa shape index (κ3) is 5.75. The number of halogens is 1. The highest BCUT2D eigenvalue weighted by Gasteiger charge is 2.50. The smallest absolute Gasteiger partial charge is 0.303 e. The first-order valence-electron chi connectivity index (χ1n) is 8.26. The Morgan fingerprint density at radius 3 is 2.26 bits per heavy atom. The third-order valence-electron chi connectivity index (χ3n) is 3.89. The normalized spacial score (nSPS) is 27.5. The van der Waals surface area contributed by atoms with Gasteiger partial charge in [-0.25, -0.2) is 0 Å². The molecule has 0 radical (unpaired) electrons. The van der Waals surface area contributed by atoms with E-state index in [-0.39, 0.29) is 6.61 Å². The number of hydrogen-bond acceptors (Lipinski definition) is 8. The molecule has 1 aliphatic heterocycles. The minimum Gasteiger partial charge on any atom is -0.463 e. The predicted molar refractivity (Wildman–Crippen MR) is 95.5 cm³/mol. The standard InChI is InChI=1S/C18H21BrO8/c1-9(20)24-8-14-15(23)17(25-10(2)21)18(26-11(3)22)16(27-14)12-5-4-6-13(19)7-12/h4-7,14-18,23H,8H2,1-3H3. The van der Waals surface area contributed by atoms with Crippen LogP contribution in [-0.4, -0.2) is 54.0 Å². The first kappa shape index (κ1) is 21.3. The minimum atomic E-state index is -1.36. The van der Waals surface area contributed by atoms with Crippen LogP contribution in [0, 0.1) is 0 Å². The highest BCUT2D eigenvalue weighted by atomic mass is 79.9. The Kier molecular flexibility index (Phi) is 7.34. The van der Waals surface area contributed by atoms with Gasteiger partial charge < -0.3 is 24.1 Å². The van der Waals surface area contributed by atoms with Crippen molar-refractivity contribution in [2.75, 3.05) is 6.61 Å². The average Bonchev–Trinajstić information content (AvgIpc) is 2.56. The number of aliphatic hydroxyl groups excluding tert-OH is 1. The van der Waals surface area contributed by atoms with E-state index in [0.29, 0.717) is 5.56 Å². The van der Waals surface area contributed by atoms with Gasteiger partial charge in [-0.1, -0.05) is 28.1 Å². The van der Waals surface area contributed by atoms with Gasteiger partial charge in [0.05, 0.1) is 0 Å². The van der Waals surface area contributed by atoms with Crippen LogP contribution in [0.5, 0.6) is 0 Å². The van der Waals surface area contributed by atoms with Crippen molar-refractivity contribution in [2.24, 2.45) is 0 Å². The van der Waals surface area contributed by atoms with Crippen LogP contribution in [-0.2, 0) is 33.3 Å². The van der Waals surface area contributed by atoms with Crippen molar-refractivity contribution in [2.45, 2.75) is 51.3 Å². The van der Waals surface area contributed by atoms with Crippen LogP contribution in [0.1, 0.15) is 32.4 Å². The fourth-order valence-electron chi connectivity index (χ4n) is 2.86. The van der Waals surface area contributed by atoms with Gasteiger partial charge >= 0.3 is 17.9 Å². The van der Waals surface area contributed by atoms with Gasteiger partial charge in [-0.3, -0.25) is 14.4 Å². The fourth-order valence-corrected chi connectivity index (χ4v) is 3.28. The summed E-state index contributed by atoms with van der Waals surface area (Å²) in [6.07, 6.45) is -5.45. The molecular weight excluding hydrogens is 424 g/mol. The van der Waals surface area contributed by atoms with Gasteiger partial charge in [-0.15, -0.1) is 0 Å². The van der Waals surface area contributed by atoms with E-state index in [2.05, 4.69) is 15.9 Å². The number of esters is 3. The van der Waals surface area contributed by atoms with Gasteiger partial charge in [-0.2, -0.15) is 0 Å². The summed E-state index contributed by atoms with van der Waals surface area (Å²) in [7, 11) is 0. The minimum absolute atomic E-state index is 0.244. The van der Waals surface area contributed by atoms with E-state index in [1.165, 1.54) is 20.8 Å². The van der Waals surface area contributed by atoms with Crippen LogP contribution in [0.15, 0.2) is 28.7 Å². The second-order valence-corrected chi connectivity index (χ2v) is 7.01. The number of carbonyl (C=O) groups is 3. The van der Waals surface area contributed by atoms with Crippen molar-refractivity contribution >= 4 is 33.8 Å². The third-order valence-corrected chi connectivity index (χ3v) is 4.39. The van der Waals surface area contributed by atoms with E-state index in [4.69, 9.17) is 18.9 Å². The van der Waals surface area contributed by atoms with Crippen molar-refractivity contribution in [1.82, 2.24) is 0 Å². The topological polar surface area (TPSA) is 108 Å². The van der Waals surface area contributed by atoms with E-state index in [1.54, 1.807) is 18.2 Å². The van der Waals surface area contributed by atoms with Crippen LogP contribution < -0.4 is 0 Å². The maximum atomic E-state index is 11.6. The molecule has 148 valence electrons. The van der Waals surface area contributed by atoms with Crippen LogP contribution >= 0.6 is 15.9 Å². The molecule has 0 saturated carbocycles. The molecule has 0 amide bonds. The quantitative estimate of drug-likeness (QED) is 0.539. The average molecular weight is 445 g/mol. The molecule has 0 aliphatic carbocycles. The summed E-state index contributed by atoms with van der Waals surface area (Å²) in [4.78, 5) is 34.3. The molecule has 1 aliphatic rings. The summed E-state index contributed by atoms with van der Waals surface area (Å²) in [5, 5.41) is 10.6. The van der Waals surface area contributed by atoms with Crippen LogP contribution in [0.25, 0.3) is 0 Å². The number of ether oxygens (including phenoxy) is 4. The van der Waals surface area contributed by atoms with Gasteiger partial charge in [0.2, 0.25) is 0 Å². The summed E-state index contributed by atoms with van der Waals surface area (Å²) in [6.45, 7) is 3.38. The first-order valence-corrected chi connectivity index (χ1v) is 9.05. The fraction of sp³-hybridized carbons (Fsp3) is 0.500. The van der Waals surface area contributed by atoms with Crippen molar-refractivity contribution in [3.8, 4) is 0 Å². The summed E-state index contributed by atoms with van der Waals surface area (Å²) in [6, 6.07) is 7.08. The zero-order valence-electron chi connectivity index (χ0n) is 15.1. The number of rotatable bonds is 5. The molecule has 1 aromatic rings. The molecule has 1 fully saturated rings. The lowest BCUT2D eigenvalue weighted by molar-refractivity contribution is -0.249. The van der Waals surface area contributed by atoms with Gasteiger partial charge in [0.25, 0.3) is 0 Å². The Bertz CT molecular complexity index is 706. The Morgan fingerprint density at radius 1 is 1.07 bits per heavy atom. The monoisotopic (exact) mass is 444 g/mol. The largest absolute Gasteiger partial charge is 0.463 e. The maximum Gasteiger partial charge on any atom is 0.303 e. The second kappa shape index (κ2) is 9.29. The van der Waals surface area contributed by atoms with Gasteiger partial charge in [0.1, 0.15) is 24.9 Å². The molecule has 0 spiro atoms. The van der Waals surface area contributed by atoms with E-state index in [9.17, 15) is 19.5 Å². The lowest BCUT2D eigenvalue weighted by atomic mass is 9.90. The molecule has 9 heteroatoms. The summed E-state index contributed by atoms with van der Waals surface area (Å²) in [5.74, 6) is -1.82. The molecule has 27 heavy (non-hydrogen) atoms. The predicted octanol–water partition coefficient (Wildman–Crippen LogP) is 1.68. The molecule has 0 aromatic heterocycles. The van der Waals surface area contributed by atoms with Crippen LogP contribution in [0.4, 0.5) is 0 Å². The molecule has 2 rings (SSSR count). The molecule has 1 saturated heterocycles. The summed E-state index contributed by atoms with van der Waals surface area (Å²) >= 11 is 3.36. The zero-order valence-corrected chi connectivity index (χ0v) is 16.7. The number of carbonyl (C=O) groups excluding carboxylic acids is 3. The molecule has 1 N–H and O–H groups in total. The molecular formula is C18H21BrO8. The maximum absolute atomic E-state index is 11.6. The molecule has 1 aromatic carbocycles. The van der Waals surface area contributed by atoms with Crippen LogP contribution in [0.3, 0.4) is 0 Å². The number of benzene rings is 1. The zero-order chi connectivity index (χ0) is 20.1. The van der Waals surface area contributed by atoms with Crippen molar-refractivity contribution in [1.29, 1.82) is 0 Å². The van der Waals surface area contributed by atoms with Gasteiger partial charge in [0.15, 0.2) is 12.2 Å². The molecule has 5 atom stereocenters. The van der Waals surface area contributed by atoms with Crippen molar-refractivity contribution < 1.29 is 38.4 Å². The van der Waals surface area contributed by atoms with Gasteiger partial charge in [-0.05, 0) is 17.7 Å². The molecule has 1 heterocycles. The summed E-state index contributed by atoms with van der Waals surface area (Å²) in [5.41, 5.74) is 0.632. The van der Waals surface area contributed by atoms with E-state index in [0.717, 1.165) is 4.47 Å². The molecule has 0 bridgehead atoms. The number of hydrogen-bond donors (Lipinski definition) is 1. The highest BCUT2D eigenvalue weighted by molar-refractivity contribution is 9.10. The highest BCUT2D eigenvalue weighted by Crippen LogP contribution is 2.37.